The van der Waals surface area contributed by atoms with Crippen LogP contribution in [0.25, 0.3) is 0 Å². The van der Waals surface area contributed by atoms with Gasteiger partial charge in [-0.3, -0.25) is 6.29 Å². The Bertz CT molecular complexity index is 53.8. The molecular formula is C3H3O2Rh-. The predicted octanol–water partition coefficient (Wildman–Crippen LogP) is -0.284. The fourth-order valence-corrected chi connectivity index (χ4v) is 0. The molecule has 3 heteroatoms. The zero-order chi connectivity index (χ0) is 5.41. The Labute approximate surface area is 45.7 Å². The Hall–Kier alpha value is -0.127. The molecule has 2 nitrogen and oxygen atoms in total. The van der Waals surface area contributed by atoms with Crippen molar-refractivity contribution in [3.05, 3.63) is 0 Å². The van der Waals surface area contributed by atoms with Gasteiger partial charge in [-0.05, 0) is 0 Å². The van der Waals surface area contributed by atoms with E-state index in [0.29, 0.717) is 0 Å². The van der Waals surface area contributed by atoms with Crippen molar-refractivity contribution in [3.63, 3.8) is 0 Å². The second-order valence-corrected chi connectivity index (χ2v) is 0.607. The van der Waals surface area contributed by atoms with Crippen molar-refractivity contribution >= 4 is 10.8 Å². The Morgan fingerprint density at radius 3 is 1.83 bits per heavy atom. The van der Waals surface area contributed by atoms with Crippen LogP contribution in [0.1, 0.15) is 6.92 Å². The molecule has 0 saturated carbocycles. The fraction of sp³-hybridized carbons (Fsp3) is 0.333. The maximum atomic E-state index is 8.68. The van der Waals surface area contributed by atoms with Gasteiger partial charge in [0.15, 0.2) is 0 Å². The molecule has 0 radical (unpaired) electrons. The molecule has 6 heavy (non-hydrogen) atoms. The summed E-state index contributed by atoms with van der Waals surface area (Å²) in [6.45, 7) is 1.32. The van der Waals surface area contributed by atoms with Crippen LogP contribution in [0.2, 0.25) is 0 Å². The van der Waals surface area contributed by atoms with Gasteiger partial charge in [-0.2, -0.15) is 6.92 Å². The molecule has 0 aliphatic heterocycles. The van der Waals surface area contributed by atoms with Gasteiger partial charge in [-0.25, -0.2) is 0 Å². The van der Waals surface area contributed by atoms with E-state index in [1.165, 1.54) is 17.7 Å². The van der Waals surface area contributed by atoms with Crippen molar-refractivity contribution in [1.82, 2.24) is 0 Å². The van der Waals surface area contributed by atoms with Crippen LogP contribution in [-0.4, -0.2) is 10.8 Å². The topological polar surface area (TPSA) is 34.1 Å². The molecule has 0 aromatic heterocycles. The molecule has 0 heterocycles. The van der Waals surface area contributed by atoms with E-state index < -0.39 is 0 Å². The van der Waals surface area contributed by atoms with Gasteiger partial charge in [-0.15, -0.1) is 0 Å². The van der Waals surface area contributed by atoms with Gasteiger partial charge >= 0.3 is 27.1 Å². The van der Waals surface area contributed by atoms with Crippen LogP contribution >= 0.6 is 0 Å². The van der Waals surface area contributed by atoms with Crippen molar-refractivity contribution in [2.24, 2.45) is 0 Å². The second-order valence-electron chi connectivity index (χ2n) is 0.272. The van der Waals surface area contributed by atoms with E-state index in [9.17, 15) is 0 Å². The van der Waals surface area contributed by atoms with Crippen LogP contribution in [0.15, 0.2) is 0 Å². The molecular weight excluding hydrogens is 171 g/mol. The fourth-order valence-electron chi connectivity index (χ4n) is 0. The molecule has 0 amide bonds. The average molecular weight is 174 g/mol. The third-order valence-electron chi connectivity index (χ3n) is 0. The molecule has 0 aromatic rings. The number of carbonyl (C=O) groups excluding carboxylic acids is 2. The summed E-state index contributed by atoms with van der Waals surface area (Å²) in [5.41, 5.74) is 0. The summed E-state index contributed by atoms with van der Waals surface area (Å²) >= 11 is 1.92. The molecule has 0 fully saturated rings. The average Bonchev–Trinajstić information content (AvgIpc) is 1.39. The van der Waals surface area contributed by atoms with E-state index in [1.54, 1.807) is 0 Å². The van der Waals surface area contributed by atoms with Crippen LogP contribution in [0.3, 0.4) is 0 Å². The minimum atomic E-state index is 1.32. The van der Waals surface area contributed by atoms with Gasteiger partial charge in [-0.1, -0.05) is 0 Å². The van der Waals surface area contributed by atoms with E-state index in [4.69, 9.17) is 9.59 Å². The Balaban J connectivity index is 0. The first-order valence-corrected chi connectivity index (χ1v) is 1.89. The first kappa shape index (κ1) is 9.30. The summed E-state index contributed by atoms with van der Waals surface area (Å²) in [5.74, 6) is 0. The van der Waals surface area contributed by atoms with Crippen LogP contribution in [-0.2, 0) is 27.4 Å². The number of rotatable bonds is 0. The number of hydrogen-bond donors (Lipinski definition) is 0. The first-order valence-electron chi connectivity index (χ1n) is 1.07. The first-order chi connectivity index (χ1) is 2.83. The molecule has 0 aromatic carbocycles. The van der Waals surface area contributed by atoms with Crippen LogP contribution < -0.4 is 0 Å². The summed E-state index contributed by atoms with van der Waals surface area (Å²) in [6, 6.07) is 0. The van der Waals surface area contributed by atoms with Gasteiger partial charge in [0.1, 0.15) is 0 Å². The van der Waals surface area contributed by atoms with Gasteiger partial charge < -0.3 is 4.79 Å². The van der Waals surface area contributed by atoms with Crippen molar-refractivity contribution in [1.29, 1.82) is 0 Å². The predicted molar refractivity (Wildman–Crippen MR) is 17.1 cm³/mol. The van der Waals surface area contributed by atoms with Gasteiger partial charge in [0.05, 0.1) is 0 Å². The zero-order valence-corrected chi connectivity index (χ0v) is 4.79. The third kappa shape index (κ3) is 1990. The summed E-state index contributed by atoms with van der Waals surface area (Å²) in [6.07, 6.45) is 1.50. The molecule has 0 atom stereocenters. The van der Waals surface area contributed by atoms with Crippen molar-refractivity contribution in [2.75, 3.05) is 0 Å². The van der Waals surface area contributed by atoms with Gasteiger partial charge in [0, 0.05) is 0 Å². The standard InChI is InChI=1S/C2H3O.CO.Rh/c1-2-3;1-2;/h1H3;;/q-1;;. The molecule has 0 aliphatic rings. The normalized spacial score (nSPS) is 3.67. The SMILES string of the molecule is C[C-]=O.O=[C]=[Rh]. The van der Waals surface area contributed by atoms with Gasteiger partial charge in [0.25, 0.3) is 0 Å². The van der Waals surface area contributed by atoms with E-state index in [0.717, 1.165) is 0 Å². The van der Waals surface area contributed by atoms with E-state index in [-0.39, 0.29) is 0 Å². The van der Waals surface area contributed by atoms with E-state index >= 15 is 0 Å². The summed E-state index contributed by atoms with van der Waals surface area (Å²) in [5, 5.41) is 0. The summed E-state index contributed by atoms with van der Waals surface area (Å²) < 4.78 is 1.39. The van der Waals surface area contributed by atoms with E-state index in [2.05, 4.69) is 0 Å². The Kier molecular flexibility index (Phi) is 32.3. The minimum absolute atomic E-state index is 1.32. The molecule has 37 valence electrons. The van der Waals surface area contributed by atoms with Crippen LogP contribution in [0.5, 0.6) is 0 Å². The quantitative estimate of drug-likeness (QED) is 0.373. The Morgan fingerprint density at radius 2 is 1.83 bits per heavy atom. The number of hydrogen-bond acceptors (Lipinski definition) is 2. The molecule has 0 rings (SSSR count). The summed E-state index contributed by atoms with van der Waals surface area (Å²) in [7, 11) is 0. The van der Waals surface area contributed by atoms with Gasteiger partial charge in [0.2, 0.25) is 0 Å². The van der Waals surface area contributed by atoms with E-state index in [1.807, 2.05) is 17.9 Å². The molecule has 0 aliphatic carbocycles. The van der Waals surface area contributed by atoms with Crippen molar-refractivity contribution in [2.45, 2.75) is 6.92 Å². The maximum absolute atomic E-state index is 8.68. The summed E-state index contributed by atoms with van der Waals surface area (Å²) in [4.78, 5) is 17.3. The van der Waals surface area contributed by atoms with Crippen LogP contribution in [0, 0.1) is 0 Å². The van der Waals surface area contributed by atoms with Crippen molar-refractivity contribution in [3.8, 4) is 0 Å². The third-order valence-corrected chi connectivity index (χ3v) is 0. The monoisotopic (exact) mass is 174 g/mol. The molecule has 0 bridgehead atoms. The molecule has 0 spiro atoms. The zero-order valence-electron chi connectivity index (χ0n) is 3.15. The Morgan fingerprint density at radius 1 is 1.83 bits per heavy atom. The molecule has 0 N–H and O–H groups in total. The van der Waals surface area contributed by atoms with Crippen molar-refractivity contribution < 1.29 is 27.4 Å². The second kappa shape index (κ2) is 20.8. The van der Waals surface area contributed by atoms with Crippen LogP contribution in [0.4, 0.5) is 0 Å². The molecule has 0 unspecified atom stereocenters. The molecule has 0 saturated heterocycles.